The van der Waals surface area contributed by atoms with E-state index in [1.165, 1.54) is 24.4 Å². The molecule has 2 aromatic carbocycles. The molecule has 0 heterocycles. The molecule has 3 N–H and O–H groups in total. The molecule has 0 saturated carbocycles. The number of nitriles is 1. The molecule has 0 aliphatic heterocycles. The molecule has 0 aliphatic carbocycles. The maximum atomic E-state index is 12.1. The van der Waals surface area contributed by atoms with Gasteiger partial charge < -0.3 is 10.6 Å². The average Bonchev–Trinajstić information content (AvgIpc) is 2.55. The van der Waals surface area contributed by atoms with E-state index in [9.17, 15) is 13.2 Å². The van der Waals surface area contributed by atoms with Gasteiger partial charge in [0.25, 0.3) is 16.0 Å². The molecular formula is C16H12ClN3O4S. The first-order valence-electron chi connectivity index (χ1n) is 6.81. The zero-order valence-electron chi connectivity index (χ0n) is 12.6. The van der Waals surface area contributed by atoms with E-state index in [1.54, 1.807) is 30.3 Å². The second-order valence-corrected chi connectivity index (χ2v) is 6.64. The topological polar surface area (TPSA) is 119 Å². The van der Waals surface area contributed by atoms with E-state index in [0.29, 0.717) is 10.7 Å². The van der Waals surface area contributed by atoms with Gasteiger partial charge >= 0.3 is 0 Å². The van der Waals surface area contributed by atoms with Gasteiger partial charge in [-0.15, -0.1) is 0 Å². The molecule has 25 heavy (non-hydrogen) atoms. The third-order valence-electron chi connectivity index (χ3n) is 2.96. The van der Waals surface area contributed by atoms with Gasteiger partial charge in [-0.1, -0.05) is 23.7 Å². The van der Waals surface area contributed by atoms with E-state index in [2.05, 4.69) is 10.6 Å². The molecular weight excluding hydrogens is 366 g/mol. The van der Waals surface area contributed by atoms with Crippen LogP contribution in [0.3, 0.4) is 0 Å². The molecule has 0 unspecified atom stereocenters. The molecule has 2 rings (SSSR count). The van der Waals surface area contributed by atoms with E-state index >= 15 is 0 Å². The predicted molar refractivity (Wildman–Crippen MR) is 93.7 cm³/mol. The molecule has 0 spiro atoms. The van der Waals surface area contributed by atoms with Crippen molar-refractivity contribution in [2.24, 2.45) is 0 Å². The first-order valence-corrected chi connectivity index (χ1v) is 8.62. The Hall–Kier alpha value is -2.86. The van der Waals surface area contributed by atoms with Crippen molar-refractivity contribution in [1.82, 2.24) is 0 Å². The fraction of sp³-hybridized carbons (Fsp3) is 0. The van der Waals surface area contributed by atoms with Crippen molar-refractivity contribution < 1.29 is 17.8 Å². The number of carbonyl (C=O) groups excluding carboxylic acids is 1. The summed E-state index contributed by atoms with van der Waals surface area (Å²) in [7, 11) is -4.39. The number of anilines is 2. The zero-order valence-corrected chi connectivity index (χ0v) is 14.2. The molecule has 0 aromatic heterocycles. The number of carbonyl (C=O) groups is 1. The summed E-state index contributed by atoms with van der Waals surface area (Å²) >= 11 is 5.84. The smallest absolute Gasteiger partial charge is 0.294 e. The van der Waals surface area contributed by atoms with Gasteiger partial charge in [-0.3, -0.25) is 9.35 Å². The second-order valence-electron chi connectivity index (χ2n) is 4.78. The number of hydrogen-bond acceptors (Lipinski definition) is 5. The Balaban J connectivity index is 2.15. The summed E-state index contributed by atoms with van der Waals surface area (Å²) in [5, 5.41) is 14.8. The Kier molecular flexibility index (Phi) is 5.77. The lowest BCUT2D eigenvalue weighted by atomic mass is 10.2. The number of amides is 1. The highest BCUT2D eigenvalue weighted by Gasteiger charge is 2.13. The maximum absolute atomic E-state index is 12.1. The highest BCUT2D eigenvalue weighted by Crippen LogP contribution is 2.17. The quantitative estimate of drug-likeness (QED) is 0.418. The lowest BCUT2D eigenvalue weighted by Gasteiger charge is -2.06. The first-order chi connectivity index (χ1) is 11.8. The Morgan fingerprint density at radius 3 is 2.48 bits per heavy atom. The van der Waals surface area contributed by atoms with Gasteiger partial charge in [-0.2, -0.15) is 13.7 Å². The maximum Gasteiger partial charge on any atom is 0.294 e. The van der Waals surface area contributed by atoms with E-state index in [-0.39, 0.29) is 16.2 Å². The monoisotopic (exact) mass is 377 g/mol. The lowest BCUT2D eigenvalue weighted by molar-refractivity contribution is -0.112. The minimum Gasteiger partial charge on any atom is -0.360 e. The summed E-state index contributed by atoms with van der Waals surface area (Å²) in [4.78, 5) is 11.7. The highest BCUT2D eigenvalue weighted by atomic mass is 35.5. The van der Waals surface area contributed by atoms with Gasteiger partial charge in [0.2, 0.25) is 0 Å². The number of nitrogens with one attached hydrogen (secondary N) is 2. The van der Waals surface area contributed by atoms with Crippen molar-refractivity contribution in [3.05, 3.63) is 65.3 Å². The zero-order chi connectivity index (χ0) is 18.4. The van der Waals surface area contributed by atoms with Gasteiger partial charge in [-0.25, -0.2) is 0 Å². The molecule has 0 bridgehead atoms. The number of halogens is 1. The molecule has 9 heteroatoms. The van der Waals surface area contributed by atoms with Crippen molar-refractivity contribution in [1.29, 1.82) is 5.26 Å². The number of rotatable bonds is 5. The molecule has 0 fully saturated rings. The normalized spacial score (nSPS) is 11.5. The Morgan fingerprint density at radius 1 is 1.16 bits per heavy atom. The minimum absolute atomic E-state index is 0.115. The minimum atomic E-state index is -4.39. The summed E-state index contributed by atoms with van der Waals surface area (Å²) < 4.78 is 31.2. The van der Waals surface area contributed by atoms with Crippen LogP contribution < -0.4 is 10.6 Å². The van der Waals surface area contributed by atoms with Crippen molar-refractivity contribution in [2.45, 2.75) is 4.90 Å². The molecule has 128 valence electrons. The highest BCUT2D eigenvalue weighted by molar-refractivity contribution is 7.85. The van der Waals surface area contributed by atoms with Gasteiger partial charge in [0.1, 0.15) is 11.6 Å². The van der Waals surface area contributed by atoms with Crippen LogP contribution in [-0.4, -0.2) is 18.9 Å². The average molecular weight is 378 g/mol. The van der Waals surface area contributed by atoms with Gasteiger partial charge in [-0.05, 0) is 36.4 Å². The largest absolute Gasteiger partial charge is 0.360 e. The Labute approximate surface area is 149 Å². The van der Waals surface area contributed by atoms with E-state index < -0.39 is 16.0 Å². The summed E-state index contributed by atoms with van der Waals surface area (Å²) in [5.41, 5.74) is 0.461. The van der Waals surface area contributed by atoms with Crippen LogP contribution in [0.25, 0.3) is 0 Å². The summed E-state index contributed by atoms with van der Waals surface area (Å²) in [5.74, 6) is -0.746. The van der Waals surface area contributed by atoms with Crippen LogP contribution in [-0.2, 0) is 14.9 Å². The van der Waals surface area contributed by atoms with Crippen molar-refractivity contribution >= 4 is 39.0 Å². The fourth-order valence-corrected chi connectivity index (χ4v) is 2.53. The van der Waals surface area contributed by atoms with Crippen molar-refractivity contribution in [3.63, 3.8) is 0 Å². The molecule has 2 aromatic rings. The van der Waals surface area contributed by atoms with E-state index in [4.69, 9.17) is 21.4 Å². The van der Waals surface area contributed by atoms with Crippen LogP contribution in [0.15, 0.2) is 65.2 Å². The van der Waals surface area contributed by atoms with E-state index in [1.807, 2.05) is 0 Å². The number of nitrogens with zero attached hydrogens (tertiary/aromatic N) is 1. The lowest BCUT2D eigenvalue weighted by Crippen LogP contribution is -2.15. The third kappa shape index (κ3) is 5.32. The molecule has 0 saturated heterocycles. The molecule has 0 aliphatic rings. The van der Waals surface area contributed by atoms with E-state index in [0.717, 1.165) is 6.07 Å². The molecule has 0 atom stereocenters. The van der Waals surface area contributed by atoms with Crippen LogP contribution >= 0.6 is 11.6 Å². The first kappa shape index (κ1) is 18.5. The van der Waals surface area contributed by atoms with Crippen LogP contribution in [0.2, 0.25) is 5.02 Å². The van der Waals surface area contributed by atoms with Crippen molar-refractivity contribution in [3.8, 4) is 6.07 Å². The summed E-state index contributed by atoms with van der Waals surface area (Å²) in [6, 6.07) is 13.4. The van der Waals surface area contributed by atoms with Crippen LogP contribution in [0.5, 0.6) is 0 Å². The van der Waals surface area contributed by atoms with Crippen LogP contribution in [0.4, 0.5) is 11.4 Å². The fourth-order valence-electron chi connectivity index (χ4n) is 1.82. The van der Waals surface area contributed by atoms with Gasteiger partial charge in [0, 0.05) is 22.6 Å². The Morgan fingerprint density at radius 2 is 1.84 bits per heavy atom. The third-order valence-corrected chi connectivity index (χ3v) is 4.05. The summed E-state index contributed by atoms with van der Waals surface area (Å²) in [6.45, 7) is 0. The van der Waals surface area contributed by atoms with Gasteiger partial charge in [0.15, 0.2) is 0 Å². The van der Waals surface area contributed by atoms with Crippen molar-refractivity contribution in [2.75, 3.05) is 10.6 Å². The van der Waals surface area contributed by atoms with Gasteiger partial charge in [0.05, 0.1) is 4.90 Å². The molecule has 1 amide bonds. The standard InChI is InChI=1S/C16H12ClN3O4S/c17-12-3-1-4-13(7-12)19-10-11(9-18)16(21)20-14-5-2-6-15(8-14)25(22,23)24/h1-8,10,19H,(H,20,21)(H,22,23,24)/b11-10-. The molecule has 0 radical (unpaired) electrons. The SMILES string of the molecule is N#C/C(=C/Nc1cccc(Cl)c1)C(=O)Nc1cccc(S(=O)(=O)O)c1. The Bertz CT molecular complexity index is 981. The second kappa shape index (κ2) is 7.81. The van der Waals surface area contributed by atoms with Crippen LogP contribution in [0.1, 0.15) is 0 Å². The van der Waals surface area contributed by atoms with Crippen LogP contribution in [0, 0.1) is 11.3 Å². The number of hydrogen-bond donors (Lipinski definition) is 3. The summed E-state index contributed by atoms with van der Waals surface area (Å²) in [6.07, 6.45) is 1.20. The molecule has 7 nitrogen and oxygen atoms in total. The predicted octanol–water partition coefficient (Wildman–Crippen LogP) is 3.04. The number of benzene rings is 2.